The summed E-state index contributed by atoms with van der Waals surface area (Å²) in [5.74, 6) is 3.01. The SMILES string of the molecule is CC[C@@H](Nc1nsnc1Nc1cccc(C(=O)N2CCN(c3ncccn3)CC2)c1O)c1cc(C)c(C)o1. The highest BCUT2D eigenvalue weighted by molar-refractivity contribution is 6.99. The Balaban J connectivity index is 1.28. The van der Waals surface area contributed by atoms with Crippen LogP contribution < -0.4 is 15.5 Å². The molecule has 0 bridgehead atoms. The van der Waals surface area contributed by atoms with E-state index in [0.29, 0.717) is 49.5 Å². The number of aromatic nitrogens is 4. The predicted molar refractivity (Wildman–Crippen MR) is 146 cm³/mol. The molecule has 4 aromatic rings. The average molecular weight is 535 g/mol. The van der Waals surface area contributed by atoms with Gasteiger partial charge in [0.2, 0.25) is 5.95 Å². The molecule has 0 saturated carbocycles. The van der Waals surface area contributed by atoms with E-state index in [-0.39, 0.29) is 23.3 Å². The first-order valence-corrected chi connectivity index (χ1v) is 13.2. The number of nitrogens with zero attached hydrogens (tertiary/aromatic N) is 6. The molecule has 0 radical (unpaired) electrons. The molecule has 198 valence electrons. The van der Waals surface area contributed by atoms with Gasteiger partial charge in [0, 0.05) is 38.6 Å². The number of aryl methyl sites for hydroxylation is 2. The highest BCUT2D eigenvalue weighted by Gasteiger charge is 2.26. The van der Waals surface area contributed by atoms with Gasteiger partial charge < -0.3 is 30.0 Å². The number of phenols is 1. The number of benzene rings is 1. The molecule has 0 aliphatic carbocycles. The van der Waals surface area contributed by atoms with Gasteiger partial charge in [0.25, 0.3) is 5.91 Å². The molecule has 0 spiro atoms. The fraction of sp³-hybridized carbons (Fsp3) is 0.346. The Bertz CT molecular complexity index is 1380. The monoisotopic (exact) mass is 534 g/mol. The van der Waals surface area contributed by atoms with E-state index in [4.69, 9.17) is 4.42 Å². The zero-order valence-electron chi connectivity index (χ0n) is 21.5. The molecule has 1 aliphatic heterocycles. The number of hydrogen-bond donors (Lipinski definition) is 3. The van der Waals surface area contributed by atoms with Crippen LogP contribution in [0.4, 0.5) is 23.3 Å². The summed E-state index contributed by atoms with van der Waals surface area (Å²) < 4.78 is 14.7. The highest BCUT2D eigenvalue weighted by atomic mass is 32.1. The summed E-state index contributed by atoms with van der Waals surface area (Å²) >= 11 is 1.05. The summed E-state index contributed by atoms with van der Waals surface area (Å²) in [6.45, 7) is 8.25. The zero-order chi connectivity index (χ0) is 26.6. The third-order valence-electron chi connectivity index (χ3n) is 6.66. The lowest BCUT2D eigenvalue weighted by molar-refractivity contribution is 0.0743. The number of hydrogen-bond acceptors (Lipinski definition) is 11. The van der Waals surface area contributed by atoms with Crippen molar-refractivity contribution in [2.75, 3.05) is 41.7 Å². The zero-order valence-corrected chi connectivity index (χ0v) is 22.3. The number of furan rings is 1. The van der Waals surface area contributed by atoms with Gasteiger partial charge in [-0.3, -0.25) is 4.79 Å². The molecule has 1 aromatic carbocycles. The number of carbonyl (C=O) groups is 1. The van der Waals surface area contributed by atoms with Crippen molar-refractivity contribution in [1.82, 2.24) is 23.6 Å². The van der Waals surface area contributed by atoms with Crippen LogP contribution in [0.2, 0.25) is 0 Å². The second-order valence-corrected chi connectivity index (χ2v) is 9.64. The summed E-state index contributed by atoms with van der Waals surface area (Å²) in [6, 6.07) is 8.78. The Labute approximate surface area is 224 Å². The Morgan fingerprint density at radius 3 is 2.53 bits per heavy atom. The third-order valence-corrected chi connectivity index (χ3v) is 7.19. The summed E-state index contributed by atoms with van der Waals surface area (Å²) in [5.41, 5.74) is 1.70. The fourth-order valence-electron chi connectivity index (χ4n) is 4.36. The average Bonchev–Trinajstić information content (AvgIpc) is 3.53. The van der Waals surface area contributed by atoms with Crippen molar-refractivity contribution >= 4 is 40.9 Å². The van der Waals surface area contributed by atoms with Crippen LogP contribution in [0.3, 0.4) is 0 Å². The van der Waals surface area contributed by atoms with Crippen LogP contribution in [0.5, 0.6) is 5.75 Å². The van der Waals surface area contributed by atoms with Crippen molar-refractivity contribution in [1.29, 1.82) is 0 Å². The summed E-state index contributed by atoms with van der Waals surface area (Å²) in [6.07, 6.45) is 4.19. The van der Waals surface area contributed by atoms with E-state index < -0.39 is 0 Å². The number of anilines is 4. The molecule has 1 saturated heterocycles. The molecule has 0 unspecified atom stereocenters. The van der Waals surface area contributed by atoms with Crippen LogP contribution in [-0.4, -0.2) is 60.8 Å². The van der Waals surface area contributed by atoms with Gasteiger partial charge in [-0.1, -0.05) is 13.0 Å². The maximum atomic E-state index is 13.3. The lowest BCUT2D eigenvalue weighted by Gasteiger charge is -2.34. The molecule has 1 amide bonds. The van der Waals surface area contributed by atoms with Gasteiger partial charge in [-0.25, -0.2) is 9.97 Å². The lowest BCUT2D eigenvalue weighted by atomic mass is 10.1. The van der Waals surface area contributed by atoms with Crippen LogP contribution in [0.25, 0.3) is 0 Å². The van der Waals surface area contributed by atoms with Crippen molar-refractivity contribution in [3.05, 3.63) is 65.4 Å². The van der Waals surface area contributed by atoms with E-state index in [1.807, 2.05) is 24.8 Å². The van der Waals surface area contributed by atoms with Crippen LogP contribution in [0.1, 0.15) is 46.8 Å². The molecule has 1 aliphatic rings. The van der Waals surface area contributed by atoms with Gasteiger partial charge in [0.05, 0.1) is 29.0 Å². The molecule has 1 fully saturated rings. The van der Waals surface area contributed by atoms with Crippen molar-refractivity contribution in [3.8, 4) is 5.75 Å². The maximum Gasteiger partial charge on any atom is 0.257 e. The summed E-state index contributed by atoms with van der Waals surface area (Å²) in [7, 11) is 0. The van der Waals surface area contributed by atoms with Crippen LogP contribution >= 0.6 is 11.7 Å². The normalized spacial score (nSPS) is 14.4. The van der Waals surface area contributed by atoms with E-state index in [1.165, 1.54) is 0 Å². The molecule has 11 nitrogen and oxygen atoms in total. The van der Waals surface area contributed by atoms with E-state index in [2.05, 4.69) is 36.3 Å². The number of carbonyl (C=O) groups excluding carboxylic acids is 1. The highest BCUT2D eigenvalue weighted by Crippen LogP contribution is 2.35. The van der Waals surface area contributed by atoms with Crippen molar-refractivity contribution in [2.45, 2.75) is 33.2 Å². The van der Waals surface area contributed by atoms with Gasteiger partial charge in [0.1, 0.15) is 11.5 Å². The minimum absolute atomic E-state index is 0.0895. The Morgan fingerprint density at radius 1 is 1.11 bits per heavy atom. The maximum absolute atomic E-state index is 13.3. The predicted octanol–water partition coefficient (Wildman–Crippen LogP) is 4.51. The smallest absolute Gasteiger partial charge is 0.257 e. The number of para-hydroxylation sites is 1. The molecular weight excluding hydrogens is 504 g/mol. The van der Waals surface area contributed by atoms with E-state index >= 15 is 0 Å². The molecule has 3 N–H and O–H groups in total. The van der Waals surface area contributed by atoms with Crippen LogP contribution in [-0.2, 0) is 0 Å². The second-order valence-electron chi connectivity index (χ2n) is 9.11. The minimum atomic E-state index is -0.232. The van der Waals surface area contributed by atoms with Gasteiger partial charge in [-0.2, -0.15) is 8.75 Å². The topological polar surface area (TPSA) is 133 Å². The van der Waals surface area contributed by atoms with Gasteiger partial charge >= 0.3 is 0 Å². The van der Waals surface area contributed by atoms with Crippen molar-refractivity contribution in [2.24, 2.45) is 0 Å². The van der Waals surface area contributed by atoms with E-state index in [9.17, 15) is 9.90 Å². The number of piperazine rings is 1. The molecular formula is C26H30N8O3S. The first-order valence-electron chi connectivity index (χ1n) is 12.5. The lowest BCUT2D eigenvalue weighted by Crippen LogP contribution is -2.49. The number of rotatable bonds is 8. The summed E-state index contributed by atoms with van der Waals surface area (Å²) in [5, 5.41) is 17.6. The minimum Gasteiger partial charge on any atom is -0.505 e. The number of phenolic OH excluding ortho intramolecular Hbond substituents is 1. The van der Waals surface area contributed by atoms with Crippen LogP contribution in [0.15, 0.2) is 47.1 Å². The van der Waals surface area contributed by atoms with Crippen molar-refractivity contribution in [3.63, 3.8) is 0 Å². The van der Waals surface area contributed by atoms with Gasteiger partial charge in [-0.15, -0.1) is 0 Å². The number of amides is 1. The second kappa shape index (κ2) is 11.1. The Kier molecular flexibility index (Phi) is 7.40. The third kappa shape index (κ3) is 5.25. The standard InChI is InChI=1S/C26H30N8O3S/c1-4-19(21-15-16(2)17(3)37-21)29-23-24(32-38-31-23)30-20-8-5-7-18(22(20)35)25(36)33-11-13-34(14-12-33)26-27-9-6-10-28-26/h5-10,15,19,35H,4,11-14H2,1-3H3,(H,29,31)(H,30,32)/t19-/m1/s1. The molecule has 12 heteroatoms. The quantitative estimate of drug-likeness (QED) is 0.277. The molecule has 3 aromatic heterocycles. The van der Waals surface area contributed by atoms with Gasteiger partial charge in [-0.05, 0) is 50.1 Å². The first kappa shape index (κ1) is 25.5. The van der Waals surface area contributed by atoms with Crippen molar-refractivity contribution < 1.29 is 14.3 Å². The molecule has 38 heavy (non-hydrogen) atoms. The largest absolute Gasteiger partial charge is 0.505 e. The molecule has 4 heterocycles. The summed E-state index contributed by atoms with van der Waals surface area (Å²) in [4.78, 5) is 25.6. The Morgan fingerprint density at radius 2 is 1.84 bits per heavy atom. The Hall–Kier alpha value is -4.19. The first-order chi connectivity index (χ1) is 18.4. The number of nitrogens with one attached hydrogen (secondary N) is 2. The number of aromatic hydroxyl groups is 1. The fourth-order valence-corrected chi connectivity index (χ4v) is 4.83. The van der Waals surface area contributed by atoms with Gasteiger partial charge in [0.15, 0.2) is 17.4 Å². The molecule has 5 rings (SSSR count). The van der Waals surface area contributed by atoms with E-state index in [1.54, 1.807) is 41.6 Å². The van der Waals surface area contributed by atoms with E-state index in [0.717, 1.165) is 35.2 Å². The van der Waals surface area contributed by atoms with Crippen LogP contribution in [0, 0.1) is 13.8 Å². The molecule has 1 atom stereocenters.